The molecule has 0 aliphatic carbocycles. The van der Waals surface area contributed by atoms with E-state index in [1.165, 1.54) is 0 Å². The van der Waals surface area contributed by atoms with Gasteiger partial charge in [0, 0.05) is 34.0 Å². The molecule has 0 heterocycles. The van der Waals surface area contributed by atoms with Crippen molar-refractivity contribution in [1.82, 2.24) is 0 Å². The molecule has 21 heavy (non-hydrogen) atoms. The molecule has 0 aromatic rings. The predicted octanol–water partition coefficient (Wildman–Crippen LogP) is 1.86. The first-order chi connectivity index (χ1) is 10.1. The van der Waals surface area contributed by atoms with Gasteiger partial charge < -0.3 is 28.4 Å². The van der Waals surface area contributed by atoms with Crippen molar-refractivity contribution >= 4 is 0 Å². The Balaban J connectivity index is 4.81. The van der Waals surface area contributed by atoms with Gasteiger partial charge in [-0.2, -0.15) is 0 Å². The van der Waals surface area contributed by atoms with Gasteiger partial charge in [-0.15, -0.1) is 0 Å². The van der Waals surface area contributed by atoms with Crippen LogP contribution in [0, 0.1) is 0 Å². The summed E-state index contributed by atoms with van der Waals surface area (Å²) in [6.45, 7) is 10.4. The van der Waals surface area contributed by atoms with E-state index < -0.39 is 6.29 Å². The van der Waals surface area contributed by atoms with Crippen molar-refractivity contribution in [2.24, 2.45) is 0 Å². The Bertz CT molecular complexity index is 226. The first-order valence-corrected chi connectivity index (χ1v) is 7.62. The van der Waals surface area contributed by atoms with E-state index in [4.69, 9.17) is 28.4 Å². The van der Waals surface area contributed by atoms with Gasteiger partial charge in [-0.1, -0.05) is 0 Å². The number of hydrogen-bond acceptors (Lipinski definition) is 6. The van der Waals surface area contributed by atoms with E-state index in [0.29, 0.717) is 33.0 Å². The van der Waals surface area contributed by atoms with Gasteiger partial charge in [0.1, 0.15) is 12.2 Å². The molecule has 0 amide bonds. The Hall–Kier alpha value is -0.240. The molecular weight excluding hydrogens is 276 g/mol. The number of hydrogen-bond donors (Lipinski definition) is 0. The largest absolute Gasteiger partial charge is 0.382 e. The van der Waals surface area contributed by atoms with Crippen molar-refractivity contribution in [2.45, 2.75) is 52.3 Å². The second-order valence-corrected chi connectivity index (χ2v) is 4.58. The molecule has 0 aliphatic rings. The SMILES string of the molecule is CCOCC(OCC)C(OCC)C(OC)OC(C)COC. The summed E-state index contributed by atoms with van der Waals surface area (Å²) in [5.74, 6) is 0. The van der Waals surface area contributed by atoms with E-state index in [-0.39, 0.29) is 18.3 Å². The highest BCUT2D eigenvalue weighted by molar-refractivity contribution is 4.75. The Morgan fingerprint density at radius 3 is 2.00 bits per heavy atom. The van der Waals surface area contributed by atoms with Gasteiger partial charge in [0.05, 0.1) is 19.3 Å². The maximum atomic E-state index is 5.85. The molecule has 4 atom stereocenters. The summed E-state index contributed by atoms with van der Waals surface area (Å²) in [4.78, 5) is 0. The molecule has 0 fully saturated rings. The highest BCUT2D eigenvalue weighted by atomic mass is 16.7. The molecule has 128 valence electrons. The average molecular weight is 308 g/mol. The van der Waals surface area contributed by atoms with Crippen LogP contribution in [0.5, 0.6) is 0 Å². The Morgan fingerprint density at radius 2 is 1.52 bits per heavy atom. The molecular formula is C15H32O6. The number of ether oxygens (including phenoxy) is 6. The van der Waals surface area contributed by atoms with E-state index >= 15 is 0 Å². The van der Waals surface area contributed by atoms with Crippen molar-refractivity contribution < 1.29 is 28.4 Å². The second kappa shape index (κ2) is 13.4. The fourth-order valence-electron chi connectivity index (χ4n) is 2.01. The van der Waals surface area contributed by atoms with Crippen LogP contribution < -0.4 is 0 Å². The lowest BCUT2D eigenvalue weighted by molar-refractivity contribution is -0.247. The van der Waals surface area contributed by atoms with E-state index in [9.17, 15) is 0 Å². The Kier molecular flexibility index (Phi) is 13.3. The van der Waals surface area contributed by atoms with Crippen molar-refractivity contribution in [3.63, 3.8) is 0 Å². The topological polar surface area (TPSA) is 55.4 Å². The molecule has 6 nitrogen and oxygen atoms in total. The highest BCUT2D eigenvalue weighted by Crippen LogP contribution is 2.16. The standard InChI is InChI=1S/C15H32O6/c1-7-18-11-13(19-8-2)14(20-9-3)15(17-6)21-12(4)10-16-5/h12-15H,7-11H2,1-6H3. The van der Waals surface area contributed by atoms with Crippen LogP contribution in [0.25, 0.3) is 0 Å². The van der Waals surface area contributed by atoms with Crippen LogP contribution in [0.1, 0.15) is 27.7 Å². The van der Waals surface area contributed by atoms with Crippen LogP contribution in [0.2, 0.25) is 0 Å². The van der Waals surface area contributed by atoms with Crippen molar-refractivity contribution in [2.75, 3.05) is 47.3 Å². The maximum Gasteiger partial charge on any atom is 0.186 e. The summed E-state index contributed by atoms with van der Waals surface area (Å²) in [5, 5.41) is 0. The maximum absolute atomic E-state index is 5.85. The summed E-state index contributed by atoms with van der Waals surface area (Å²) in [7, 11) is 3.24. The van der Waals surface area contributed by atoms with Crippen LogP contribution in [0.15, 0.2) is 0 Å². The molecule has 0 aromatic carbocycles. The van der Waals surface area contributed by atoms with Crippen LogP contribution in [-0.2, 0) is 28.4 Å². The van der Waals surface area contributed by atoms with E-state index in [2.05, 4.69) is 0 Å². The van der Waals surface area contributed by atoms with Crippen LogP contribution in [-0.4, -0.2) is 71.9 Å². The molecule has 0 aromatic heterocycles. The quantitative estimate of drug-likeness (QED) is 0.457. The summed E-state index contributed by atoms with van der Waals surface area (Å²) in [6, 6.07) is 0. The zero-order valence-electron chi connectivity index (χ0n) is 14.3. The zero-order chi connectivity index (χ0) is 16.1. The highest BCUT2D eigenvalue weighted by Gasteiger charge is 2.33. The van der Waals surface area contributed by atoms with Crippen LogP contribution in [0.3, 0.4) is 0 Å². The first kappa shape index (κ1) is 20.8. The van der Waals surface area contributed by atoms with Gasteiger partial charge in [0.25, 0.3) is 0 Å². The summed E-state index contributed by atoms with van der Waals surface area (Å²) >= 11 is 0. The summed E-state index contributed by atoms with van der Waals surface area (Å²) in [5.41, 5.74) is 0. The third kappa shape index (κ3) is 8.70. The lowest BCUT2D eigenvalue weighted by Gasteiger charge is -2.33. The van der Waals surface area contributed by atoms with E-state index in [1.54, 1.807) is 14.2 Å². The van der Waals surface area contributed by atoms with Crippen molar-refractivity contribution in [1.29, 1.82) is 0 Å². The molecule has 6 heteroatoms. The number of methoxy groups -OCH3 is 2. The lowest BCUT2D eigenvalue weighted by Crippen LogP contribution is -2.47. The summed E-state index contributed by atoms with van der Waals surface area (Å²) in [6.07, 6.45) is -1.23. The normalized spacial score (nSPS) is 17.4. The van der Waals surface area contributed by atoms with Crippen molar-refractivity contribution in [3.05, 3.63) is 0 Å². The smallest absolute Gasteiger partial charge is 0.186 e. The fourth-order valence-corrected chi connectivity index (χ4v) is 2.01. The zero-order valence-corrected chi connectivity index (χ0v) is 14.3. The van der Waals surface area contributed by atoms with E-state index in [1.807, 2.05) is 27.7 Å². The van der Waals surface area contributed by atoms with Crippen LogP contribution in [0.4, 0.5) is 0 Å². The van der Waals surface area contributed by atoms with E-state index in [0.717, 1.165) is 0 Å². The minimum Gasteiger partial charge on any atom is -0.382 e. The van der Waals surface area contributed by atoms with Gasteiger partial charge in [0.15, 0.2) is 6.29 Å². The third-order valence-corrected chi connectivity index (χ3v) is 2.86. The second-order valence-electron chi connectivity index (χ2n) is 4.58. The monoisotopic (exact) mass is 308 g/mol. The Morgan fingerprint density at radius 1 is 0.857 bits per heavy atom. The number of rotatable bonds is 14. The predicted molar refractivity (Wildman–Crippen MR) is 80.5 cm³/mol. The molecule has 4 unspecified atom stereocenters. The molecule has 0 N–H and O–H groups in total. The Labute approximate surface area is 129 Å². The van der Waals surface area contributed by atoms with Gasteiger partial charge in [-0.05, 0) is 27.7 Å². The minimum atomic E-state index is -0.535. The fraction of sp³-hybridized carbons (Fsp3) is 1.00. The summed E-state index contributed by atoms with van der Waals surface area (Å²) < 4.78 is 33.4. The minimum absolute atomic E-state index is 0.0997. The average Bonchev–Trinajstić information content (AvgIpc) is 2.47. The van der Waals surface area contributed by atoms with Gasteiger partial charge >= 0.3 is 0 Å². The molecule has 0 aliphatic heterocycles. The molecule has 0 bridgehead atoms. The van der Waals surface area contributed by atoms with Gasteiger partial charge in [-0.3, -0.25) is 0 Å². The first-order valence-electron chi connectivity index (χ1n) is 7.62. The lowest BCUT2D eigenvalue weighted by atomic mass is 10.2. The third-order valence-electron chi connectivity index (χ3n) is 2.86. The molecule has 0 spiro atoms. The molecule has 0 radical (unpaired) electrons. The molecule has 0 saturated heterocycles. The van der Waals surface area contributed by atoms with Gasteiger partial charge in [-0.25, -0.2) is 0 Å². The van der Waals surface area contributed by atoms with Crippen LogP contribution >= 0.6 is 0 Å². The van der Waals surface area contributed by atoms with Gasteiger partial charge in [0.2, 0.25) is 0 Å². The molecule has 0 saturated carbocycles. The molecule has 0 rings (SSSR count). The van der Waals surface area contributed by atoms with Crippen molar-refractivity contribution in [3.8, 4) is 0 Å².